The van der Waals surface area contributed by atoms with Crippen LogP contribution in [-0.4, -0.2) is 33.8 Å². The van der Waals surface area contributed by atoms with E-state index in [-0.39, 0.29) is 21.5 Å². The van der Waals surface area contributed by atoms with Crippen LogP contribution in [0.5, 0.6) is 11.5 Å². The monoisotopic (exact) mass is 520 g/mol. The second kappa shape index (κ2) is 11.2. The van der Waals surface area contributed by atoms with Gasteiger partial charge in [-0.1, -0.05) is 23.2 Å². The summed E-state index contributed by atoms with van der Waals surface area (Å²) < 4.78 is 42.5. The van der Waals surface area contributed by atoms with Gasteiger partial charge in [-0.15, -0.1) is 0 Å². The summed E-state index contributed by atoms with van der Waals surface area (Å²) in [5.41, 5.74) is -3.40. The van der Waals surface area contributed by atoms with Crippen LogP contribution in [0, 0.1) is 11.6 Å². The van der Waals surface area contributed by atoms with Crippen LogP contribution >= 0.6 is 23.2 Å². The van der Waals surface area contributed by atoms with Gasteiger partial charge in [-0.2, -0.15) is 0 Å². The highest BCUT2D eigenvalue weighted by atomic mass is 35.5. The smallest absolute Gasteiger partial charge is 0.350 e. The molecule has 2 aromatic carbocycles. The number of esters is 1. The minimum absolute atomic E-state index is 0.0414. The minimum atomic E-state index is -1.48. The Morgan fingerprint density at radius 1 is 0.765 bits per heavy atom. The van der Waals surface area contributed by atoms with E-state index < -0.39 is 40.4 Å². The molecule has 6 nitrogen and oxygen atoms in total. The lowest BCUT2D eigenvalue weighted by Gasteiger charge is -2.29. The quantitative estimate of drug-likeness (QED) is 0.426. The van der Waals surface area contributed by atoms with Crippen molar-refractivity contribution < 1.29 is 37.7 Å². The molecule has 2 aromatic rings. The van der Waals surface area contributed by atoms with Gasteiger partial charge in [-0.3, -0.25) is 0 Å². The maximum Gasteiger partial charge on any atom is 0.350 e. The number of carbonyl (C=O) groups excluding carboxylic acids is 1. The number of carboxylic acid groups (broad SMARTS) is 1. The van der Waals surface area contributed by atoms with Crippen molar-refractivity contribution >= 4 is 35.1 Å². The van der Waals surface area contributed by atoms with Gasteiger partial charge in [-0.25, -0.2) is 18.4 Å². The number of carboxylic acids is 1. The molecule has 0 amide bonds. The lowest BCUT2D eigenvalue weighted by atomic mass is 10.1. The largest absolute Gasteiger partial charge is 0.478 e. The molecule has 0 spiro atoms. The summed E-state index contributed by atoms with van der Waals surface area (Å²) in [5, 5.41) is 9.27. The fourth-order valence-electron chi connectivity index (χ4n) is 2.15. The minimum Gasteiger partial charge on any atom is -0.478 e. The van der Waals surface area contributed by atoms with Crippen LogP contribution in [-0.2, 0) is 14.3 Å². The van der Waals surface area contributed by atoms with Crippen LogP contribution in [0.15, 0.2) is 36.4 Å². The molecule has 188 valence electrons. The second-order valence-corrected chi connectivity index (χ2v) is 10.1. The molecule has 0 unspecified atom stereocenters. The van der Waals surface area contributed by atoms with Crippen LogP contribution in [0.25, 0.3) is 0 Å². The predicted octanol–water partition coefficient (Wildman–Crippen LogP) is 6.70. The first-order chi connectivity index (χ1) is 15.3. The maximum absolute atomic E-state index is 13.6. The normalized spacial score (nSPS) is 11.7. The molecule has 0 saturated heterocycles. The maximum atomic E-state index is 13.6. The van der Waals surface area contributed by atoms with Crippen LogP contribution in [0.4, 0.5) is 8.78 Å². The first kappa shape index (κ1) is 29.5. The molecule has 0 bridgehead atoms. The van der Waals surface area contributed by atoms with Gasteiger partial charge in [0.15, 0.2) is 34.3 Å². The Kier molecular flexibility index (Phi) is 9.73. The average molecular weight is 521 g/mol. The number of carbonyl (C=O) groups is 2. The van der Waals surface area contributed by atoms with Crippen molar-refractivity contribution in [2.45, 2.75) is 65.3 Å². The number of hydrogen-bond donors (Lipinski definition) is 1. The summed E-state index contributed by atoms with van der Waals surface area (Å²) >= 11 is 11.2. The van der Waals surface area contributed by atoms with Crippen molar-refractivity contribution in [1.82, 2.24) is 0 Å². The molecule has 0 radical (unpaired) electrons. The molecule has 1 N–H and O–H groups in total. The highest BCUT2D eigenvalue weighted by Crippen LogP contribution is 2.27. The van der Waals surface area contributed by atoms with E-state index in [4.69, 9.17) is 42.5 Å². The number of benzene rings is 2. The fourth-order valence-corrected chi connectivity index (χ4v) is 2.47. The third-order valence-corrected chi connectivity index (χ3v) is 4.39. The summed E-state index contributed by atoms with van der Waals surface area (Å²) in [4.78, 5) is 22.7. The molecule has 10 heteroatoms. The van der Waals surface area contributed by atoms with Crippen molar-refractivity contribution in [3.05, 3.63) is 58.1 Å². The Labute approximate surface area is 207 Å². The molecule has 0 aliphatic rings. The first-order valence-electron chi connectivity index (χ1n) is 10.1. The molecule has 0 heterocycles. The van der Waals surface area contributed by atoms with Gasteiger partial charge in [0, 0.05) is 10.0 Å². The topological polar surface area (TPSA) is 82.1 Å². The van der Waals surface area contributed by atoms with Crippen LogP contribution < -0.4 is 9.47 Å². The number of aliphatic carboxylic acids is 1. The third-order valence-electron chi connectivity index (χ3n) is 3.92. The van der Waals surface area contributed by atoms with Gasteiger partial charge >= 0.3 is 11.9 Å². The zero-order valence-corrected chi connectivity index (χ0v) is 21.5. The zero-order valence-electron chi connectivity index (χ0n) is 20.0. The van der Waals surface area contributed by atoms with Crippen molar-refractivity contribution in [1.29, 1.82) is 0 Å². The van der Waals surface area contributed by atoms with E-state index in [9.17, 15) is 18.4 Å². The Morgan fingerprint density at radius 2 is 1.15 bits per heavy atom. The number of rotatable bonds is 6. The average Bonchev–Trinajstić information content (AvgIpc) is 2.65. The van der Waals surface area contributed by atoms with Gasteiger partial charge in [0.2, 0.25) is 0 Å². The highest BCUT2D eigenvalue weighted by molar-refractivity contribution is 6.30. The highest BCUT2D eigenvalue weighted by Gasteiger charge is 2.35. The molecular formula is C24H28Cl2F2O6. The van der Waals surface area contributed by atoms with Gasteiger partial charge < -0.3 is 19.3 Å². The number of ether oxygens (including phenoxy) is 3. The van der Waals surface area contributed by atoms with E-state index in [1.165, 1.54) is 52.0 Å². The first-order valence-corrected chi connectivity index (χ1v) is 10.8. The van der Waals surface area contributed by atoms with Crippen molar-refractivity contribution in [2.75, 3.05) is 0 Å². The number of halogens is 4. The van der Waals surface area contributed by atoms with Crippen molar-refractivity contribution in [2.24, 2.45) is 0 Å². The van der Waals surface area contributed by atoms with E-state index in [2.05, 4.69) is 0 Å². The Morgan fingerprint density at radius 3 is 1.47 bits per heavy atom. The van der Waals surface area contributed by atoms with Gasteiger partial charge in [0.25, 0.3) is 0 Å². The van der Waals surface area contributed by atoms with Crippen molar-refractivity contribution in [3.63, 3.8) is 0 Å². The summed E-state index contributed by atoms with van der Waals surface area (Å²) in [7, 11) is 0. The number of hydrogen-bond acceptors (Lipinski definition) is 5. The molecule has 0 saturated carbocycles. The molecule has 34 heavy (non-hydrogen) atoms. The van der Waals surface area contributed by atoms with E-state index in [1.807, 2.05) is 0 Å². The standard InChI is InChI=1S/C14H18ClFO3.C10H10ClFO3/c1-13(2,3)19-12(17)14(4,5)18-11-7-6-9(15)8-10(11)16;1-10(2,9(13)14)15-8-4-3-6(11)5-7(8)12/h6-8H,1-5H3;3-5H,1-2H3,(H,13,14). The molecule has 2 rings (SSSR count). The van der Waals surface area contributed by atoms with E-state index in [0.29, 0.717) is 0 Å². The third kappa shape index (κ3) is 9.35. The Balaban J connectivity index is 0.000000350. The predicted molar refractivity (Wildman–Crippen MR) is 126 cm³/mol. The molecule has 0 fully saturated rings. The Hall–Kier alpha value is -2.58. The molecule has 0 aromatic heterocycles. The van der Waals surface area contributed by atoms with Crippen LogP contribution in [0.2, 0.25) is 10.0 Å². The van der Waals surface area contributed by atoms with Gasteiger partial charge in [0.05, 0.1) is 0 Å². The summed E-state index contributed by atoms with van der Waals surface area (Å²) in [5.74, 6) is -3.21. The molecular weight excluding hydrogens is 493 g/mol. The van der Waals surface area contributed by atoms with Crippen LogP contribution in [0.1, 0.15) is 48.5 Å². The van der Waals surface area contributed by atoms with E-state index >= 15 is 0 Å². The van der Waals surface area contributed by atoms with E-state index in [0.717, 1.165) is 12.1 Å². The molecule has 0 aliphatic heterocycles. The second-order valence-electron chi connectivity index (χ2n) is 9.18. The summed E-state index contributed by atoms with van der Waals surface area (Å²) in [6, 6.07) is 7.78. The summed E-state index contributed by atoms with van der Waals surface area (Å²) in [6.45, 7) is 11.0. The van der Waals surface area contributed by atoms with Gasteiger partial charge in [0.1, 0.15) is 5.60 Å². The lowest BCUT2D eigenvalue weighted by molar-refractivity contribution is -0.171. The molecule has 0 aliphatic carbocycles. The van der Waals surface area contributed by atoms with Gasteiger partial charge in [-0.05, 0) is 84.9 Å². The fraction of sp³-hybridized carbons (Fsp3) is 0.417. The Bertz CT molecular complexity index is 1030. The zero-order chi connectivity index (χ0) is 26.5. The summed E-state index contributed by atoms with van der Waals surface area (Å²) in [6.07, 6.45) is 0. The lowest BCUT2D eigenvalue weighted by Crippen LogP contribution is -2.43. The van der Waals surface area contributed by atoms with E-state index in [1.54, 1.807) is 20.8 Å². The SMILES string of the molecule is CC(C)(C)OC(=O)C(C)(C)Oc1ccc(Cl)cc1F.CC(C)(Oc1ccc(Cl)cc1F)C(=O)O. The van der Waals surface area contributed by atoms with Crippen molar-refractivity contribution in [3.8, 4) is 11.5 Å². The molecule has 0 atom stereocenters. The van der Waals surface area contributed by atoms with Crippen LogP contribution in [0.3, 0.4) is 0 Å².